The molecule has 1 atom stereocenters. The highest BCUT2D eigenvalue weighted by atomic mass is 16.3. The summed E-state index contributed by atoms with van der Waals surface area (Å²) in [6.07, 6.45) is 0.826. The van der Waals surface area contributed by atoms with E-state index in [4.69, 9.17) is 5.11 Å². The van der Waals surface area contributed by atoms with Gasteiger partial charge in [0.2, 0.25) is 0 Å². The summed E-state index contributed by atoms with van der Waals surface area (Å²) in [7, 11) is 1.80. The third-order valence-electron chi connectivity index (χ3n) is 1.38. The van der Waals surface area contributed by atoms with Crippen LogP contribution in [-0.4, -0.2) is 42.5 Å². The zero-order chi connectivity index (χ0) is 7.28. The van der Waals surface area contributed by atoms with Gasteiger partial charge in [0.1, 0.15) is 6.29 Å². The van der Waals surface area contributed by atoms with Gasteiger partial charge in [0.15, 0.2) is 0 Å². The van der Waals surface area contributed by atoms with E-state index in [2.05, 4.69) is 0 Å². The molecule has 0 amide bonds. The number of aldehydes is 1. The van der Waals surface area contributed by atoms with Crippen molar-refractivity contribution in [3.8, 4) is 0 Å². The Morgan fingerprint density at radius 3 is 2.67 bits per heavy atom. The Morgan fingerprint density at radius 1 is 1.78 bits per heavy atom. The van der Waals surface area contributed by atoms with Crippen LogP contribution in [0.2, 0.25) is 0 Å². The molecule has 0 radical (unpaired) electrons. The van der Waals surface area contributed by atoms with Crippen molar-refractivity contribution >= 4 is 6.29 Å². The Balaban J connectivity index is 3.44. The van der Waals surface area contributed by atoms with Crippen LogP contribution in [0.5, 0.6) is 0 Å². The van der Waals surface area contributed by atoms with E-state index in [-0.39, 0.29) is 12.6 Å². The molecule has 0 aromatic heterocycles. The molecule has 0 saturated carbocycles. The summed E-state index contributed by atoms with van der Waals surface area (Å²) >= 11 is 0. The molecule has 9 heavy (non-hydrogen) atoms. The van der Waals surface area contributed by atoms with E-state index in [1.54, 1.807) is 11.9 Å². The van der Waals surface area contributed by atoms with Crippen molar-refractivity contribution in [1.82, 2.24) is 4.90 Å². The zero-order valence-electron chi connectivity index (χ0n) is 5.87. The van der Waals surface area contributed by atoms with Crippen molar-refractivity contribution in [2.45, 2.75) is 13.0 Å². The van der Waals surface area contributed by atoms with E-state index in [9.17, 15) is 4.79 Å². The molecule has 1 N–H and O–H groups in total. The number of hydrogen-bond donors (Lipinski definition) is 1. The summed E-state index contributed by atoms with van der Waals surface area (Å²) in [4.78, 5) is 11.7. The molecule has 0 aromatic carbocycles. The average Bonchev–Trinajstić information content (AvgIpc) is 1.87. The third kappa shape index (κ3) is 3.21. The van der Waals surface area contributed by atoms with Crippen molar-refractivity contribution in [3.05, 3.63) is 0 Å². The smallest absolute Gasteiger partial charge is 0.133 e. The molecule has 0 spiro atoms. The molecule has 0 aliphatic carbocycles. The fourth-order valence-electron chi connectivity index (χ4n) is 0.437. The zero-order valence-corrected chi connectivity index (χ0v) is 5.87. The van der Waals surface area contributed by atoms with Gasteiger partial charge in [-0.05, 0) is 14.0 Å². The topological polar surface area (TPSA) is 40.5 Å². The lowest BCUT2D eigenvalue weighted by Gasteiger charge is -2.19. The largest absolute Gasteiger partial charge is 0.395 e. The van der Waals surface area contributed by atoms with Crippen molar-refractivity contribution in [2.24, 2.45) is 0 Å². The number of rotatable bonds is 4. The molecule has 3 nitrogen and oxygen atoms in total. The van der Waals surface area contributed by atoms with E-state index >= 15 is 0 Å². The van der Waals surface area contributed by atoms with Gasteiger partial charge in [-0.3, -0.25) is 4.90 Å². The van der Waals surface area contributed by atoms with Crippen molar-refractivity contribution in [3.63, 3.8) is 0 Å². The van der Waals surface area contributed by atoms with Crippen LogP contribution in [0, 0.1) is 0 Å². The molecule has 0 bridgehead atoms. The summed E-state index contributed by atoms with van der Waals surface area (Å²) in [6.45, 7) is 2.36. The Kier molecular flexibility index (Phi) is 4.26. The Bertz CT molecular complexity index is 85.1. The van der Waals surface area contributed by atoms with E-state index < -0.39 is 0 Å². The predicted molar refractivity (Wildman–Crippen MR) is 35.2 cm³/mol. The first-order valence-electron chi connectivity index (χ1n) is 2.97. The minimum atomic E-state index is 0.0789. The molecule has 0 rings (SSSR count). The summed E-state index contributed by atoms with van der Waals surface area (Å²) in [5, 5.41) is 8.57. The SMILES string of the molecule is CC(CO)N(C)CC=O. The van der Waals surface area contributed by atoms with Gasteiger partial charge in [-0.15, -0.1) is 0 Å². The normalized spacial score (nSPS) is 13.8. The number of aliphatic hydroxyl groups is 1. The maximum absolute atomic E-state index is 9.91. The molecule has 54 valence electrons. The second-order valence-electron chi connectivity index (χ2n) is 2.14. The molecule has 0 saturated heterocycles. The Labute approximate surface area is 55.3 Å². The number of aliphatic hydroxyl groups excluding tert-OH is 1. The molecule has 0 aliphatic heterocycles. The molecule has 1 unspecified atom stereocenters. The lowest BCUT2D eigenvalue weighted by atomic mass is 10.3. The Morgan fingerprint density at radius 2 is 2.33 bits per heavy atom. The van der Waals surface area contributed by atoms with Gasteiger partial charge in [-0.2, -0.15) is 0 Å². The number of carbonyl (C=O) groups excluding carboxylic acids is 1. The van der Waals surface area contributed by atoms with Gasteiger partial charge in [0.05, 0.1) is 13.2 Å². The van der Waals surface area contributed by atoms with Crippen LogP contribution < -0.4 is 0 Å². The molecular formula is C6H13NO2. The Hall–Kier alpha value is -0.410. The second-order valence-corrected chi connectivity index (χ2v) is 2.14. The molecule has 3 heteroatoms. The fraction of sp³-hybridized carbons (Fsp3) is 0.833. The van der Waals surface area contributed by atoms with E-state index in [0.29, 0.717) is 6.54 Å². The molecule has 0 aromatic rings. The standard InChI is InChI=1S/C6H13NO2/c1-6(5-9)7(2)3-4-8/h4,6,9H,3,5H2,1-2H3. The van der Waals surface area contributed by atoms with Crippen LogP contribution >= 0.6 is 0 Å². The summed E-state index contributed by atoms with van der Waals surface area (Å²) in [5.74, 6) is 0. The van der Waals surface area contributed by atoms with Crippen molar-refractivity contribution in [1.29, 1.82) is 0 Å². The lowest BCUT2D eigenvalue weighted by molar-refractivity contribution is -0.109. The second kappa shape index (κ2) is 4.47. The quantitative estimate of drug-likeness (QED) is 0.523. The lowest BCUT2D eigenvalue weighted by Crippen LogP contribution is -2.33. The highest BCUT2D eigenvalue weighted by Crippen LogP contribution is 1.89. The average molecular weight is 131 g/mol. The molecule has 0 aliphatic rings. The third-order valence-corrected chi connectivity index (χ3v) is 1.38. The highest BCUT2D eigenvalue weighted by Gasteiger charge is 2.04. The monoisotopic (exact) mass is 131 g/mol. The number of carbonyl (C=O) groups is 1. The van der Waals surface area contributed by atoms with Gasteiger partial charge >= 0.3 is 0 Å². The van der Waals surface area contributed by atoms with E-state index in [0.717, 1.165) is 6.29 Å². The number of nitrogens with zero attached hydrogens (tertiary/aromatic N) is 1. The van der Waals surface area contributed by atoms with Crippen molar-refractivity contribution < 1.29 is 9.90 Å². The first kappa shape index (κ1) is 8.59. The van der Waals surface area contributed by atoms with Crippen LogP contribution in [0.1, 0.15) is 6.92 Å². The summed E-state index contributed by atoms with van der Waals surface area (Å²) in [5.41, 5.74) is 0. The summed E-state index contributed by atoms with van der Waals surface area (Å²) in [6, 6.07) is 0.0789. The van der Waals surface area contributed by atoms with Crippen LogP contribution in [0.15, 0.2) is 0 Å². The van der Waals surface area contributed by atoms with Crippen LogP contribution in [0.4, 0.5) is 0 Å². The maximum atomic E-state index is 9.91. The minimum absolute atomic E-state index is 0.0789. The summed E-state index contributed by atoms with van der Waals surface area (Å²) < 4.78 is 0. The van der Waals surface area contributed by atoms with E-state index in [1.807, 2.05) is 6.92 Å². The van der Waals surface area contributed by atoms with Gasteiger partial charge < -0.3 is 9.90 Å². The van der Waals surface area contributed by atoms with Crippen molar-refractivity contribution in [2.75, 3.05) is 20.2 Å². The van der Waals surface area contributed by atoms with Gasteiger partial charge in [-0.25, -0.2) is 0 Å². The predicted octanol–water partition coefficient (Wildman–Crippen LogP) is -0.502. The molecule has 0 fully saturated rings. The minimum Gasteiger partial charge on any atom is -0.395 e. The van der Waals surface area contributed by atoms with E-state index in [1.165, 1.54) is 0 Å². The fourth-order valence-corrected chi connectivity index (χ4v) is 0.437. The van der Waals surface area contributed by atoms with Crippen LogP contribution in [0.3, 0.4) is 0 Å². The van der Waals surface area contributed by atoms with Gasteiger partial charge in [0, 0.05) is 6.04 Å². The highest BCUT2D eigenvalue weighted by molar-refractivity contribution is 5.51. The number of hydrogen-bond acceptors (Lipinski definition) is 3. The van der Waals surface area contributed by atoms with Crippen LogP contribution in [-0.2, 0) is 4.79 Å². The molecule has 0 heterocycles. The van der Waals surface area contributed by atoms with Crippen LogP contribution in [0.25, 0.3) is 0 Å². The maximum Gasteiger partial charge on any atom is 0.133 e. The first-order chi connectivity index (χ1) is 4.22. The van der Waals surface area contributed by atoms with Gasteiger partial charge in [0.25, 0.3) is 0 Å². The van der Waals surface area contributed by atoms with Gasteiger partial charge in [-0.1, -0.05) is 0 Å². The number of likely N-dealkylation sites (N-methyl/N-ethyl adjacent to an activating group) is 1. The molecular weight excluding hydrogens is 118 g/mol. The first-order valence-corrected chi connectivity index (χ1v) is 2.97.